The zero-order valence-electron chi connectivity index (χ0n) is 15.5. The van der Waals surface area contributed by atoms with Crippen molar-refractivity contribution in [3.05, 3.63) is 94.5 Å². The van der Waals surface area contributed by atoms with Gasteiger partial charge in [-0.1, -0.05) is 46.3 Å². The van der Waals surface area contributed by atoms with Gasteiger partial charge in [-0.15, -0.1) is 0 Å². The highest BCUT2D eigenvalue weighted by Crippen LogP contribution is 2.20. The number of hydrogen-bond acceptors (Lipinski definition) is 3. The number of amides is 1. The highest BCUT2D eigenvalue weighted by Gasteiger charge is 2.27. The van der Waals surface area contributed by atoms with E-state index < -0.39 is 33.6 Å². The number of anilines is 1. The van der Waals surface area contributed by atoms with E-state index in [2.05, 4.69) is 26.0 Å². The first-order valence-corrected chi connectivity index (χ1v) is 11.1. The molecule has 1 amide bonds. The summed E-state index contributed by atoms with van der Waals surface area (Å²) < 4.78 is 55.5. The molecule has 0 fully saturated rings. The molecule has 0 aliphatic rings. The molecular formula is C21H17BrF2N2O3S. The van der Waals surface area contributed by atoms with E-state index in [9.17, 15) is 22.0 Å². The summed E-state index contributed by atoms with van der Waals surface area (Å²) >= 11 is 3.14. The van der Waals surface area contributed by atoms with Gasteiger partial charge in [-0.3, -0.25) is 4.79 Å². The number of rotatable bonds is 7. The van der Waals surface area contributed by atoms with E-state index in [0.29, 0.717) is 10.0 Å². The van der Waals surface area contributed by atoms with Gasteiger partial charge in [0.25, 0.3) is 0 Å². The SMILES string of the molecule is O=C(Nc1ccc(Br)cc1F)C(Cc1ccccc1)NS(=O)(=O)c1ccc(F)cc1. The molecule has 0 aliphatic heterocycles. The predicted octanol–water partition coefficient (Wildman–Crippen LogP) is 4.26. The van der Waals surface area contributed by atoms with Gasteiger partial charge >= 0.3 is 0 Å². The molecule has 0 heterocycles. The zero-order valence-corrected chi connectivity index (χ0v) is 17.9. The van der Waals surface area contributed by atoms with E-state index in [0.717, 1.165) is 24.3 Å². The summed E-state index contributed by atoms with van der Waals surface area (Å²) in [5.74, 6) is -1.98. The molecule has 0 saturated carbocycles. The second kappa shape index (κ2) is 9.46. The number of halogens is 3. The molecule has 0 bridgehead atoms. The highest BCUT2D eigenvalue weighted by molar-refractivity contribution is 9.10. The van der Waals surface area contributed by atoms with Crippen LogP contribution in [-0.4, -0.2) is 20.4 Å². The normalized spacial score (nSPS) is 12.4. The molecule has 0 aliphatic carbocycles. The van der Waals surface area contributed by atoms with Crippen molar-refractivity contribution in [1.29, 1.82) is 0 Å². The number of benzene rings is 3. The van der Waals surface area contributed by atoms with Crippen molar-refractivity contribution in [2.24, 2.45) is 0 Å². The van der Waals surface area contributed by atoms with Crippen LogP contribution in [0.5, 0.6) is 0 Å². The Morgan fingerprint density at radius 2 is 1.63 bits per heavy atom. The summed E-state index contributed by atoms with van der Waals surface area (Å²) in [6.07, 6.45) is 0.0330. The van der Waals surface area contributed by atoms with Crippen molar-refractivity contribution in [3.63, 3.8) is 0 Å². The van der Waals surface area contributed by atoms with Gasteiger partial charge in [-0.2, -0.15) is 4.72 Å². The van der Waals surface area contributed by atoms with Gasteiger partial charge in [0.1, 0.15) is 17.7 Å². The fraction of sp³-hybridized carbons (Fsp3) is 0.0952. The molecular weight excluding hydrogens is 478 g/mol. The smallest absolute Gasteiger partial charge is 0.242 e. The Hall–Kier alpha value is -2.62. The first-order valence-electron chi connectivity index (χ1n) is 8.82. The minimum atomic E-state index is -4.13. The zero-order chi connectivity index (χ0) is 21.7. The average Bonchev–Trinajstić information content (AvgIpc) is 2.70. The summed E-state index contributed by atoms with van der Waals surface area (Å²) in [4.78, 5) is 12.7. The van der Waals surface area contributed by atoms with Gasteiger partial charge in [-0.05, 0) is 54.4 Å². The Balaban J connectivity index is 1.87. The van der Waals surface area contributed by atoms with Crippen molar-refractivity contribution in [2.45, 2.75) is 17.4 Å². The van der Waals surface area contributed by atoms with E-state index in [1.807, 2.05) is 0 Å². The van der Waals surface area contributed by atoms with Crippen LogP contribution in [0.3, 0.4) is 0 Å². The largest absolute Gasteiger partial charge is 0.322 e. The molecule has 30 heavy (non-hydrogen) atoms. The van der Waals surface area contributed by atoms with Crippen molar-refractivity contribution in [2.75, 3.05) is 5.32 Å². The Morgan fingerprint density at radius 3 is 2.27 bits per heavy atom. The van der Waals surface area contributed by atoms with Gasteiger partial charge < -0.3 is 5.32 Å². The molecule has 3 aromatic rings. The molecule has 5 nitrogen and oxygen atoms in total. The van der Waals surface area contributed by atoms with Crippen LogP contribution in [0, 0.1) is 11.6 Å². The molecule has 0 saturated heterocycles. The maximum absolute atomic E-state index is 14.1. The van der Waals surface area contributed by atoms with Gasteiger partial charge in [-0.25, -0.2) is 17.2 Å². The number of sulfonamides is 1. The number of nitrogens with one attached hydrogen (secondary N) is 2. The lowest BCUT2D eigenvalue weighted by Gasteiger charge is -2.19. The van der Waals surface area contributed by atoms with E-state index in [1.54, 1.807) is 36.4 Å². The number of carbonyl (C=O) groups excluding carboxylic acids is 1. The summed E-state index contributed by atoms with van der Waals surface area (Å²) in [5, 5.41) is 2.42. The summed E-state index contributed by atoms with van der Waals surface area (Å²) in [6, 6.07) is 15.9. The van der Waals surface area contributed by atoms with Gasteiger partial charge in [0.2, 0.25) is 15.9 Å². The third-order valence-corrected chi connectivity index (χ3v) is 6.19. The number of hydrogen-bond donors (Lipinski definition) is 2. The van der Waals surface area contributed by atoms with E-state index >= 15 is 0 Å². The van der Waals surface area contributed by atoms with Crippen molar-refractivity contribution in [3.8, 4) is 0 Å². The first-order chi connectivity index (χ1) is 14.2. The molecule has 3 aromatic carbocycles. The second-order valence-corrected chi connectivity index (χ2v) is 9.06. The van der Waals surface area contributed by atoms with Crippen LogP contribution in [0.2, 0.25) is 0 Å². The summed E-state index contributed by atoms with van der Waals surface area (Å²) in [6.45, 7) is 0. The third-order valence-electron chi connectivity index (χ3n) is 4.21. The highest BCUT2D eigenvalue weighted by atomic mass is 79.9. The van der Waals surface area contributed by atoms with Crippen molar-refractivity contribution >= 4 is 37.5 Å². The quantitative estimate of drug-likeness (QED) is 0.515. The topological polar surface area (TPSA) is 75.3 Å². The fourth-order valence-electron chi connectivity index (χ4n) is 2.72. The van der Waals surface area contributed by atoms with Crippen LogP contribution >= 0.6 is 15.9 Å². The average molecular weight is 495 g/mol. The predicted molar refractivity (Wildman–Crippen MR) is 113 cm³/mol. The van der Waals surface area contributed by atoms with Crippen LogP contribution in [0.4, 0.5) is 14.5 Å². The molecule has 9 heteroatoms. The Kier molecular flexibility index (Phi) is 6.96. The molecule has 0 spiro atoms. The van der Waals surface area contributed by atoms with Crippen LogP contribution in [0.1, 0.15) is 5.56 Å². The lowest BCUT2D eigenvalue weighted by atomic mass is 10.1. The minimum Gasteiger partial charge on any atom is -0.322 e. The Morgan fingerprint density at radius 1 is 0.967 bits per heavy atom. The summed E-state index contributed by atoms with van der Waals surface area (Å²) in [7, 11) is -4.13. The Bertz CT molecular complexity index is 1140. The second-order valence-electron chi connectivity index (χ2n) is 6.43. The number of carbonyl (C=O) groups is 1. The first kappa shape index (κ1) is 22.1. The lowest BCUT2D eigenvalue weighted by molar-refractivity contribution is -0.117. The van der Waals surface area contributed by atoms with Crippen LogP contribution in [0.25, 0.3) is 0 Å². The molecule has 0 radical (unpaired) electrons. The minimum absolute atomic E-state index is 0.0330. The van der Waals surface area contributed by atoms with Crippen LogP contribution in [0.15, 0.2) is 82.2 Å². The molecule has 0 aromatic heterocycles. The maximum Gasteiger partial charge on any atom is 0.242 e. The van der Waals surface area contributed by atoms with E-state index in [-0.39, 0.29) is 17.0 Å². The summed E-state index contributed by atoms with van der Waals surface area (Å²) in [5.41, 5.74) is 0.623. The molecule has 3 rings (SSSR count). The van der Waals surface area contributed by atoms with Crippen LogP contribution < -0.4 is 10.0 Å². The van der Waals surface area contributed by atoms with Gasteiger partial charge in [0.15, 0.2) is 0 Å². The maximum atomic E-state index is 14.1. The van der Waals surface area contributed by atoms with Crippen molar-refractivity contribution < 1.29 is 22.0 Å². The monoisotopic (exact) mass is 494 g/mol. The van der Waals surface area contributed by atoms with E-state index in [4.69, 9.17) is 0 Å². The fourth-order valence-corrected chi connectivity index (χ4v) is 4.25. The lowest BCUT2D eigenvalue weighted by Crippen LogP contribution is -2.45. The molecule has 1 atom stereocenters. The van der Waals surface area contributed by atoms with Gasteiger partial charge in [0, 0.05) is 4.47 Å². The molecule has 1 unspecified atom stereocenters. The van der Waals surface area contributed by atoms with Crippen molar-refractivity contribution in [1.82, 2.24) is 4.72 Å². The molecule has 2 N–H and O–H groups in total. The Labute approximate surface area is 181 Å². The molecule has 156 valence electrons. The van der Waals surface area contributed by atoms with Crippen LogP contribution in [-0.2, 0) is 21.2 Å². The van der Waals surface area contributed by atoms with Gasteiger partial charge in [0.05, 0.1) is 10.6 Å². The standard InChI is InChI=1S/C21H17BrF2N2O3S/c22-15-6-11-19(18(24)13-15)25-21(27)20(12-14-4-2-1-3-5-14)26-30(28,29)17-9-7-16(23)8-10-17/h1-11,13,20,26H,12H2,(H,25,27). The van der Waals surface area contributed by atoms with E-state index in [1.165, 1.54) is 12.1 Å². The third kappa shape index (κ3) is 5.71.